The maximum absolute atomic E-state index is 13.3. The van der Waals surface area contributed by atoms with E-state index in [4.69, 9.17) is 4.84 Å². The second kappa shape index (κ2) is 5.64. The van der Waals surface area contributed by atoms with Gasteiger partial charge in [0.05, 0.1) is 17.9 Å². The first-order chi connectivity index (χ1) is 9.04. The first kappa shape index (κ1) is 13.3. The third-order valence-corrected chi connectivity index (χ3v) is 2.55. The predicted molar refractivity (Wildman–Crippen MR) is 66.0 cm³/mol. The van der Waals surface area contributed by atoms with Gasteiger partial charge in [0.1, 0.15) is 17.7 Å². The summed E-state index contributed by atoms with van der Waals surface area (Å²) < 4.78 is 26.2. The average molecular weight is 269 g/mol. The third kappa shape index (κ3) is 3.64. The molecule has 0 unspecified atom stereocenters. The van der Waals surface area contributed by atoms with Crippen molar-refractivity contribution in [1.82, 2.24) is 5.32 Å². The second-order valence-corrected chi connectivity index (χ2v) is 4.22. The Balaban J connectivity index is 1.83. The number of anilines is 1. The van der Waals surface area contributed by atoms with Crippen LogP contribution in [0.15, 0.2) is 23.4 Å². The molecule has 0 saturated carbocycles. The molecule has 0 saturated heterocycles. The van der Waals surface area contributed by atoms with Gasteiger partial charge in [-0.25, -0.2) is 13.6 Å². The summed E-state index contributed by atoms with van der Waals surface area (Å²) in [7, 11) is 0. The molecule has 1 aliphatic rings. The minimum absolute atomic E-state index is 0.211. The molecule has 1 heterocycles. The fourth-order valence-corrected chi connectivity index (χ4v) is 1.64. The summed E-state index contributed by atoms with van der Waals surface area (Å²) in [6.45, 7) is 2.06. The molecule has 0 fully saturated rings. The van der Waals surface area contributed by atoms with Crippen LogP contribution in [0, 0.1) is 11.6 Å². The maximum atomic E-state index is 13.3. The fraction of sp³-hybridized carbons (Fsp3) is 0.333. The Morgan fingerprint density at radius 3 is 3.00 bits per heavy atom. The van der Waals surface area contributed by atoms with E-state index < -0.39 is 17.7 Å². The van der Waals surface area contributed by atoms with Crippen molar-refractivity contribution in [3.05, 3.63) is 29.8 Å². The summed E-state index contributed by atoms with van der Waals surface area (Å²) in [6, 6.07) is 2.21. The van der Waals surface area contributed by atoms with Gasteiger partial charge in [-0.05, 0) is 19.1 Å². The van der Waals surface area contributed by atoms with Crippen LogP contribution in [0.25, 0.3) is 0 Å². The number of rotatable bonds is 3. The highest BCUT2D eigenvalue weighted by molar-refractivity contribution is 5.89. The molecule has 0 aliphatic carbocycles. The normalized spacial score (nSPS) is 17.6. The summed E-state index contributed by atoms with van der Waals surface area (Å²) >= 11 is 0. The number of carbonyl (C=O) groups is 1. The van der Waals surface area contributed by atoms with Crippen LogP contribution < -0.4 is 10.6 Å². The predicted octanol–water partition coefficient (Wildman–Crippen LogP) is 2.25. The van der Waals surface area contributed by atoms with Crippen LogP contribution in [-0.4, -0.2) is 24.4 Å². The molecule has 7 heteroatoms. The molecule has 0 bridgehead atoms. The van der Waals surface area contributed by atoms with Crippen molar-refractivity contribution in [3.63, 3.8) is 0 Å². The zero-order valence-corrected chi connectivity index (χ0v) is 10.2. The van der Waals surface area contributed by atoms with E-state index >= 15 is 0 Å². The fourth-order valence-electron chi connectivity index (χ4n) is 1.64. The number of halogens is 2. The number of hydrogen-bond donors (Lipinski definition) is 2. The zero-order chi connectivity index (χ0) is 13.8. The molecule has 1 aromatic carbocycles. The molecule has 0 aromatic heterocycles. The monoisotopic (exact) mass is 269 g/mol. The highest BCUT2D eigenvalue weighted by Crippen LogP contribution is 2.15. The molecular formula is C12H13F2N3O2. The van der Waals surface area contributed by atoms with E-state index in [9.17, 15) is 13.6 Å². The van der Waals surface area contributed by atoms with Crippen LogP contribution >= 0.6 is 0 Å². The van der Waals surface area contributed by atoms with Crippen molar-refractivity contribution < 1.29 is 18.4 Å². The van der Waals surface area contributed by atoms with Gasteiger partial charge >= 0.3 is 6.03 Å². The smallest absolute Gasteiger partial charge is 0.319 e. The van der Waals surface area contributed by atoms with Crippen LogP contribution in [0.2, 0.25) is 0 Å². The van der Waals surface area contributed by atoms with Crippen molar-refractivity contribution in [1.29, 1.82) is 0 Å². The molecule has 5 nitrogen and oxygen atoms in total. The van der Waals surface area contributed by atoms with Crippen molar-refractivity contribution >= 4 is 17.4 Å². The standard InChI is InChI=1S/C12H13F2N3O2/c1-7-4-9(19-17-7)6-15-12(18)16-11-5-8(13)2-3-10(11)14/h2-3,5,9H,4,6H2,1H3,(H2,15,16,18)/t9-/m0/s1. The number of oxime groups is 1. The summed E-state index contributed by atoms with van der Waals surface area (Å²) in [5.74, 6) is -1.33. The minimum Gasteiger partial charge on any atom is -0.390 e. The maximum Gasteiger partial charge on any atom is 0.319 e. The largest absolute Gasteiger partial charge is 0.390 e. The van der Waals surface area contributed by atoms with Gasteiger partial charge < -0.3 is 15.5 Å². The molecule has 2 rings (SSSR count). The number of nitrogens with one attached hydrogen (secondary N) is 2. The molecular weight excluding hydrogens is 256 g/mol. The van der Waals surface area contributed by atoms with Crippen LogP contribution in [0.5, 0.6) is 0 Å². The lowest BCUT2D eigenvalue weighted by Crippen LogP contribution is -2.35. The van der Waals surface area contributed by atoms with E-state index in [2.05, 4.69) is 15.8 Å². The van der Waals surface area contributed by atoms with E-state index in [1.165, 1.54) is 0 Å². The molecule has 102 valence electrons. The number of carbonyl (C=O) groups excluding carboxylic acids is 1. The van der Waals surface area contributed by atoms with Gasteiger partial charge in [0.15, 0.2) is 0 Å². The lowest BCUT2D eigenvalue weighted by Gasteiger charge is -2.11. The Kier molecular flexibility index (Phi) is 3.94. The Hall–Kier alpha value is -2.18. The number of nitrogens with zero attached hydrogens (tertiary/aromatic N) is 1. The molecule has 1 aliphatic heterocycles. The van der Waals surface area contributed by atoms with Gasteiger partial charge in [0.25, 0.3) is 0 Å². The minimum atomic E-state index is -0.701. The van der Waals surface area contributed by atoms with Crippen LogP contribution in [0.3, 0.4) is 0 Å². The highest BCUT2D eigenvalue weighted by atomic mass is 19.1. The number of benzene rings is 1. The SMILES string of the molecule is CC1=NO[C@H](CNC(=O)Nc2cc(F)ccc2F)C1. The van der Waals surface area contributed by atoms with Crippen molar-refractivity contribution in [3.8, 4) is 0 Å². The van der Waals surface area contributed by atoms with Gasteiger partial charge in [-0.2, -0.15) is 0 Å². The van der Waals surface area contributed by atoms with E-state index in [1.54, 1.807) is 0 Å². The Bertz CT molecular complexity index is 520. The summed E-state index contributed by atoms with van der Waals surface area (Å²) in [5, 5.41) is 8.47. The van der Waals surface area contributed by atoms with E-state index in [0.717, 1.165) is 23.9 Å². The summed E-state index contributed by atoms with van der Waals surface area (Å²) in [6.07, 6.45) is 0.414. The van der Waals surface area contributed by atoms with Crippen molar-refractivity contribution in [2.75, 3.05) is 11.9 Å². The molecule has 0 spiro atoms. The molecule has 2 amide bonds. The topological polar surface area (TPSA) is 62.7 Å². The Labute approximate surface area is 108 Å². The van der Waals surface area contributed by atoms with E-state index in [1.807, 2.05) is 6.92 Å². The molecule has 1 atom stereocenters. The zero-order valence-electron chi connectivity index (χ0n) is 10.2. The Morgan fingerprint density at radius 1 is 1.53 bits per heavy atom. The van der Waals surface area contributed by atoms with Gasteiger partial charge in [0, 0.05) is 12.5 Å². The molecule has 19 heavy (non-hydrogen) atoms. The third-order valence-electron chi connectivity index (χ3n) is 2.55. The van der Waals surface area contributed by atoms with E-state index in [-0.39, 0.29) is 18.3 Å². The highest BCUT2D eigenvalue weighted by Gasteiger charge is 2.18. The lowest BCUT2D eigenvalue weighted by atomic mass is 10.2. The van der Waals surface area contributed by atoms with Crippen LogP contribution in [0.1, 0.15) is 13.3 Å². The first-order valence-corrected chi connectivity index (χ1v) is 5.74. The second-order valence-electron chi connectivity index (χ2n) is 4.22. The number of amides is 2. The first-order valence-electron chi connectivity index (χ1n) is 5.74. The molecule has 1 aromatic rings. The van der Waals surface area contributed by atoms with Crippen LogP contribution in [-0.2, 0) is 4.84 Å². The van der Waals surface area contributed by atoms with Crippen LogP contribution in [0.4, 0.5) is 19.3 Å². The average Bonchev–Trinajstić information content (AvgIpc) is 2.77. The lowest BCUT2D eigenvalue weighted by molar-refractivity contribution is 0.0870. The van der Waals surface area contributed by atoms with Crippen molar-refractivity contribution in [2.24, 2.45) is 5.16 Å². The summed E-state index contributed by atoms with van der Waals surface area (Å²) in [4.78, 5) is 16.5. The van der Waals surface area contributed by atoms with Crippen molar-refractivity contribution in [2.45, 2.75) is 19.4 Å². The molecule has 2 N–H and O–H groups in total. The van der Waals surface area contributed by atoms with Gasteiger partial charge in [-0.3, -0.25) is 0 Å². The Morgan fingerprint density at radius 2 is 2.32 bits per heavy atom. The van der Waals surface area contributed by atoms with Gasteiger partial charge in [0.2, 0.25) is 0 Å². The van der Waals surface area contributed by atoms with Gasteiger partial charge in [-0.1, -0.05) is 5.16 Å². The van der Waals surface area contributed by atoms with E-state index in [0.29, 0.717) is 6.42 Å². The number of hydrogen-bond acceptors (Lipinski definition) is 3. The molecule has 0 radical (unpaired) electrons. The summed E-state index contributed by atoms with van der Waals surface area (Å²) in [5.41, 5.74) is 0.639. The quantitative estimate of drug-likeness (QED) is 0.884. The number of urea groups is 1. The van der Waals surface area contributed by atoms with Gasteiger partial charge in [-0.15, -0.1) is 0 Å².